The van der Waals surface area contributed by atoms with Gasteiger partial charge >= 0.3 is 0 Å². The predicted molar refractivity (Wildman–Crippen MR) is 102 cm³/mol. The van der Waals surface area contributed by atoms with Crippen molar-refractivity contribution in [3.63, 3.8) is 0 Å². The molecular weight excluding hydrogens is 318 g/mol. The SMILES string of the molecule is CC.CCc1cc(Sc2cc(C)cc(C#N)c2C)cc(N=O)c1N. The first kappa shape index (κ1) is 19.7. The van der Waals surface area contributed by atoms with Gasteiger partial charge in [-0.2, -0.15) is 5.26 Å². The molecule has 0 heterocycles. The lowest BCUT2D eigenvalue weighted by molar-refractivity contribution is 1.12. The minimum Gasteiger partial charge on any atom is -0.397 e. The second kappa shape index (κ2) is 9.09. The summed E-state index contributed by atoms with van der Waals surface area (Å²) < 4.78 is 0. The third kappa shape index (κ3) is 4.36. The highest BCUT2D eigenvalue weighted by molar-refractivity contribution is 7.99. The monoisotopic (exact) mass is 341 g/mol. The Morgan fingerprint density at radius 3 is 2.42 bits per heavy atom. The van der Waals surface area contributed by atoms with Gasteiger partial charge in [-0.1, -0.05) is 32.5 Å². The first-order chi connectivity index (χ1) is 11.5. The number of benzene rings is 2. The summed E-state index contributed by atoms with van der Waals surface area (Å²) in [6, 6.07) is 9.80. The Morgan fingerprint density at radius 2 is 1.88 bits per heavy atom. The first-order valence-corrected chi connectivity index (χ1v) is 8.76. The molecule has 0 aromatic heterocycles. The molecule has 2 aromatic rings. The highest BCUT2D eigenvalue weighted by Gasteiger charge is 2.11. The molecule has 0 radical (unpaired) electrons. The number of aryl methyl sites for hydroxylation is 2. The van der Waals surface area contributed by atoms with Gasteiger partial charge in [0, 0.05) is 9.79 Å². The molecule has 0 bridgehead atoms. The van der Waals surface area contributed by atoms with Crippen LogP contribution in [0.2, 0.25) is 0 Å². The molecule has 0 saturated heterocycles. The van der Waals surface area contributed by atoms with E-state index in [1.807, 2.05) is 52.8 Å². The van der Waals surface area contributed by atoms with Gasteiger partial charge in [-0.15, -0.1) is 4.91 Å². The summed E-state index contributed by atoms with van der Waals surface area (Å²) >= 11 is 1.52. The largest absolute Gasteiger partial charge is 0.397 e. The van der Waals surface area contributed by atoms with Crippen molar-refractivity contribution in [1.82, 2.24) is 0 Å². The Kier molecular flexibility index (Phi) is 7.47. The highest BCUT2D eigenvalue weighted by atomic mass is 32.2. The molecular formula is C19H23N3OS. The maximum absolute atomic E-state index is 10.9. The molecule has 0 saturated carbocycles. The molecule has 0 fully saturated rings. The molecule has 2 aromatic carbocycles. The number of nitroso groups, excluding NO2 is 1. The van der Waals surface area contributed by atoms with Crippen LogP contribution >= 0.6 is 11.8 Å². The maximum atomic E-state index is 10.9. The van der Waals surface area contributed by atoms with Gasteiger partial charge < -0.3 is 5.73 Å². The number of nitrogens with two attached hydrogens (primary N) is 1. The van der Waals surface area contributed by atoms with Gasteiger partial charge in [0.2, 0.25) is 0 Å². The molecule has 24 heavy (non-hydrogen) atoms. The van der Waals surface area contributed by atoms with Gasteiger partial charge in [-0.25, -0.2) is 0 Å². The van der Waals surface area contributed by atoms with Crippen LogP contribution < -0.4 is 5.73 Å². The third-order valence-electron chi connectivity index (χ3n) is 3.55. The predicted octanol–water partition coefficient (Wildman–Crippen LogP) is 5.90. The van der Waals surface area contributed by atoms with Gasteiger partial charge in [-0.3, -0.25) is 0 Å². The van der Waals surface area contributed by atoms with Crippen LogP contribution in [0, 0.1) is 30.1 Å². The summed E-state index contributed by atoms with van der Waals surface area (Å²) in [6.45, 7) is 9.88. The fourth-order valence-corrected chi connectivity index (χ4v) is 3.40. The molecule has 126 valence electrons. The fourth-order valence-electron chi connectivity index (χ4n) is 2.27. The summed E-state index contributed by atoms with van der Waals surface area (Å²) in [5.41, 5.74) is 10.2. The average molecular weight is 341 g/mol. The van der Waals surface area contributed by atoms with Crippen molar-refractivity contribution < 1.29 is 0 Å². The minimum atomic E-state index is 0.271. The Balaban J connectivity index is 0.00000139. The van der Waals surface area contributed by atoms with Crippen LogP contribution in [0.15, 0.2) is 39.2 Å². The maximum Gasteiger partial charge on any atom is 0.132 e. The van der Waals surface area contributed by atoms with E-state index in [-0.39, 0.29) is 5.69 Å². The van der Waals surface area contributed by atoms with Crippen LogP contribution in [0.5, 0.6) is 0 Å². The smallest absolute Gasteiger partial charge is 0.132 e. The highest BCUT2D eigenvalue weighted by Crippen LogP contribution is 2.38. The number of hydrogen-bond donors (Lipinski definition) is 1. The first-order valence-electron chi connectivity index (χ1n) is 7.95. The van der Waals surface area contributed by atoms with Crippen LogP contribution in [0.3, 0.4) is 0 Å². The molecule has 2 N–H and O–H groups in total. The van der Waals surface area contributed by atoms with Crippen LogP contribution in [-0.4, -0.2) is 0 Å². The van der Waals surface area contributed by atoms with Gasteiger partial charge in [0.1, 0.15) is 5.69 Å². The molecule has 0 aliphatic heterocycles. The quantitative estimate of drug-likeness (QED) is 0.555. The van der Waals surface area contributed by atoms with Crippen molar-refractivity contribution in [2.75, 3.05) is 5.73 Å². The number of hydrogen-bond acceptors (Lipinski definition) is 5. The molecule has 0 aliphatic carbocycles. The number of nitriles is 1. The number of nitrogen functional groups attached to an aromatic ring is 1. The lowest BCUT2D eigenvalue weighted by Gasteiger charge is -2.12. The third-order valence-corrected chi connectivity index (χ3v) is 4.66. The van der Waals surface area contributed by atoms with Crippen molar-refractivity contribution in [2.45, 2.75) is 50.8 Å². The Labute approximate surface area is 148 Å². The molecule has 0 spiro atoms. The minimum absolute atomic E-state index is 0.271. The van der Waals surface area contributed by atoms with E-state index in [0.717, 1.165) is 32.9 Å². The van der Waals surface area contributed by atoms with Gasteiger partial charge in [0.25, 0.3) is 0 Å². The van der Waals surface area contributed by atoms with Crippen molar-refractivity contribution in [3.8, 4) is 6.07 Å². The van der Waals surface area contributed by atoms with Gasteiger partial charge in [-0.05, 0) is 66.4 Å². The lowest BCUT2D eigenvalue weighted by Crippen LogP contribution is -1.94. The fraction of sp³-hybridized carbons (Fsp3) is 0.316. The number of nitrogens with zero attached hydrogens (tertiary/aromatic N) is 2. The second-order valence-electron chi connectivity index (χ2n) is 5.11. The topological polar surface area (TPSA) is 79.2 Å². The molecule has 2 rings (SSSR count). The van der Waals surface area contributed by atoms with Crippen molar-refractivity contribution in [3.05, 3.63) is 51.4 Å². The van der Waals surface area contributed by atoms with E-state index in [4.69, 9.17) is 5.73 Å². The van der Waals surface area contributed by atoms with Gasteiger partial charge in [0.15, 0.2) is 0 Å². The average Bonchev–Trinajstić information content (AvgIpc) is 2.60. The number of rotatable bonds is 4. The summed E-state index contributed by atoms with van der Waals surface area (Å²) in [7, 11) is 0. The summed E-state index contributed by atoms with van der Waals surface area (Å²) in [5.74, 6) is 0. The summed E-state index contributed by atoms with van der Waals surface area (Å²) in [5, 5.41) is 12.2. The van der Waals surface area contributed by atoms with Gasteiger partial charge in [0.05, 0.1) is 17.3 Å². The summed E-state index contributed by atoms with van der Waals surface area (Å²) in [6.07, 6.45) is 0.735. The van der Waals surface area contributed by atoms with Crippen molar-refractivity contribution in [2.24, 2.45) is 5.18 Å². The zero-order valence-electron chi connectivity index (χ0n) is 14.8. The van der Waals surface area contributed by atoms with E-state index in [0.29, 0.717) is 11.3 Å². The van der Waals surface area contributed by atoms with E-state index in [2.05, 4.69) is 11.2 Å². The van der Waals surface area contributed by atoms with Crippen LogP contribution in [0.25, 0.3) is 0 Å². The molecule has 0 aliphatic rings. The lowest BCUT2D eigenvalue weighted by atomic mass is 10.1. The Morgan fingerprint density at radius 1 is 1.21 bits per heavy atom. The molecule has 0 atom stereocenters. The second-order valence-corrected chi connectivity index (χ2v) is 6.22. The Hall–Kier alpha value is -2.32. The number of anilines is 1. The van der Waals surface area contributed by atoms with E-state index >= 15 is 0 Å². The molecule has 4 nitrogen and oxygen atoms in total. The van der Waals surface area contributed by atoms with E-state index in [1.54, 1.807) is 6.07 Å². The zero-order valence-corrected chi connectivity index (χ0v) is 15.6. The van der Waals surface area contributed by atoms with Crippen molar-refractivity contribution >= 4 is 23.1 Å². The van der Waals surface area contributed by atoms with Crippen LogP contribution in [-0.2, 0) is 6.42 Å². The normalized spacial score (nSPS) is 9.67. The standard InChI is InChI=1S/C17H17N3OS.C2H6/c1-4-12-7-14(8-15(20-21)17(12)19)22-16-6-10(2)5-13(9-18)11(16)3;1-2/h5-8H,4,19H2,1-3H3;1-2H3. The zero-order chi connectivity index (χ0) is 18.3. The molecule has 5 heteroatoms. The van der Waals surface area contributed by atoms with Crippen LogP contribution in [0.4, 0.5) is 11.4 Å². The van der Waals surface area contributed by atoms with Crippen molar-refractivity contribution in [1.29, 1.82) is 5.26 Å². The van der Waals surface area contributed by atoms with E-state index in [1.165, 1.54) is 11.8 Å². The van der Waals surface area contributed by atoms with E-state index in [9.17, 15) is 10.2 Å². The summed E-state index contributed by atoms with van der Waals surface area (Å²) in [4.78, 5) is 12.8. The molecule has 0 unspecified atom stereocenters. The van der Waals surface area contributed by atoms with Crippen LogP contribution in [0.1, 0.15) is 43.0 Å². The Bertz CT molecular complexity index is 779. The van der Waals surface area contributed by atoms with E-state index < -0.39 is 0 Å². The molecule has 0 amide bonds.